The average molecular weight is 319 g/mol. The fourth-order valence-corrected chi connectivity index (χ4v) is 4.03. The van der Waals surface area contributed by atoms with Crippen LogP contribution >= 0.6 is 0 Å². The van der Waals surface area contributed by atoms with Crippen molar-refractivity contribution in [1.82, 2.24) is 9.80 Å². The maximum atomic E-state index is 12.6. The van der Waals surface area contributed by atoms with Gasteiger partial charge in [0.15, 0.2) is 0 Å². The van der Waals surface area contributed by atoms with E-state index in [9.17, 15) is 4.79 Å². The summed E-state index contributed by atoms with van der Waals surface area (Å²) in [6.45, 7) is 15.4. The Morgan fingerprint density at radius 3 is 2.13 bits per heavy atom. The number of nitrogens with zero attached hydrogens (tertiary/aromatic N) is 2. The molecule has 0 aliphatic carbocycles. The SMILES string of the molecule is C=C/C(=C\C)C1CCN(CC(=O)C2CCN(C(C)C)CC2)CC1. The molecule has 0 atom stereocenters. The molecule has 2 rings (SSSR count). The molecule has 2 saturated heterocycles. The molecule has 2 aliphatic rings. The summed E-state index contributed by atoms with van der Waals surface area (Å²) in [7, 11) is 0. The van der Waals surface area contributed by atoms with E-state index in [-0.39, 0.29) is 0 Å². The van der Waals surface area contributed by atoms with Crippen LogP contribution in [0, 0.1) is 11.8 Å². The van der Waals surface area contributed by atoms with Crippen LogP contribution in [-0.2, 0) is 4.79 Å². The topological polar surface area (TPSA) is 23.6 Å². The van der Waals surface area contributed by atoms with E-state index in [2.05, 4.69) is 43.2 Å². The van der Waals surface area contributed by atoms with Gasteiger partial charge >= 0.3 is 0 Å². The van der Waals surface area contributed by atoms with Crippen LogP contribution in [0.4, 0.5) is 0 Å². The zero-order valence-electron chi connectivity index (χ0n) is 15.3. The highest BCUT2D eigenvalue weighted by molar-refractivity contribution is 5.83. The first-order valence-electron chi connectivity index (χ1n) is 9.33. The minimum Gasteiger partial charge on any atom is -0.301 e. The molecule has 0 aromatic heterocycles. The summed E-state index contributed by atoms with van der Waals surface area (Å²) in [5.74, 6) is 1.40. The Hall–Kier alpha value is -0.930. The van der Waals surface area contributed by atoms with Crippen LogP contribution < -0.4 is 0 Å². The van der Waals surface area contributed by atoms with Crippen molar-refractivity contribution in [1.29, 1.82) is 0 Å². The highest BCUT2D eigenvalue weighted by Gasteiger charge is 2.28. The van der Waals surface area contributed by atoms with Gasteiger partial charge in [-0.25, -0.2) is 0 Å². The zero-order valence-corrected chi connectivity index (χ0v) is 15.3. The highest BCUT2D eigenvalue weighted by atomic mass is 16.1. The molecule has 0 aromatic carbocycles. The highest BCUT2D eigenvalue weighted by Crippen LogP contribution is 2.26. The van der Waals surface area contributed by atoms with Crippen molar-refractivity contribution in [3.63, 3.8) is 0 Å². The van der Waals surface area contributed by atoms with Gasteiger partial charge in [0.05, 0.1) is 6.54 Å². The lowest BCUT2D eigenvalue weighted by molar-refractivity contribution is -0.125. The molecular formula is C20H34N2O. The summed E-state index contributed by atoms with van der Waals surface area (Å²) >= 11 is 0. The third-order valence-corrected chi connectivity index (χ3v) is 5.72. The van der Waals surface area contributed by atoms with Crippen molar-refractivity contribution in [2.75, 3.05) is 32.7 Å². The van der Waals surface area contributed by atoms with Gasteiger partial charge in [-0.15, -0.1) is 0 Å². The van der Waals surface area contributed by atoms with Crippen LogP contribution in [0.3, 0.4) is 0 Å². The lowest BCUT2D eigenvalue weighted by Crippen LogP contribution is -2.44. The van der Waals surface area contributed by atoms with Crippen LogP contribution in [0.1, 0.15) is 46.5 Å². The van der Waals surface area contributed by atoms with E-state index in [0.29, 0.717) is 30.2 Å². The molecule has 0 bridgehead atoms. The fourth-order valence-electron chi connectivity index (χ4n) is 4.03. The summed E-state index contributed by atoms with van der Waals surface area (Å²) < 4.78 is 0. The molecule has 0 spiro atoms. The molecule has 23 heavy (non-hydrogen) atoms. The molecule has 0 saturated carbocycles. The van der Waals surface area contributed by atoms with Crippen molar-refractivity contribution in [3.05, 3.63) is 24.3 Å². The van der Waals surface area contributed by atoms with Crippen molar-refractivity contribution in [2.24, 2.45) is 11.8 Å². The minimum absolute atomic E-state index is 0.294. The van der Waals surface area contributed by atoms with Gasteiger partial charge in [-0.1, -0.05) is 18.7 Å². The van der Waals surface area contributed by atoms with Gasteiger partial charge in [-0.05, 0) is 84.1 Å². The van der Waals surface area contributed by atoms with E-state index < -0.39 is 0 Å². The first kappa shape index (κ1) is 18.4. The summed E-state index contributed by atoms with van der Waals surface area (Å²) in [5, 5.41) is 0. The number of rotatable bonds is 6. The molecule has 3 heteroatoms. The number of piperidine rings is 2. The lowest BCUT2D eigenvalue weighted by atomic mass is 9.88. The first-order valence-corrected chi connectivity index (χ1v) is 9.33. The van der Waals surface area contributed by atoms with Crippen LogP contribution in [0.15, 0.2) is 24.3 Å². The van der Waals surface area contributed by atoms with Crippen LogP contribution in [-0.4, -0.2) is 54.3 Å². The average Bonchev–Trinajstić information content (AvgIpc) is 2.57. The number of carbonyl (C=O) groups is 1. The van der Waals surface area contributed by atoms with E-state index in [4.69, 9.17) is 0 Å². The maximum Gasteiger partial charge on any atom is 0.149 e. The number of Topliss-reactive ketones (excluding diaryl/α,β-unsaturated/α-hetero) is 1. The largest absolute Gasteiger partial charge is 0.301 e. The molecule has 130 valence electrons. The molecule has 0 amide bonds. The van der Waals surface area contributed by atoms with Gasteiger partial charge in [-0.2, -0.15) is 0 Å². The quantitative estimate of drug-likeness (QED) is 0.700. The number of hydrogen-bond donors (Lipinski definition) is 0. The standard InChI is InChI=1S/C20H34N2O/c1-5-17(6-2)18-7-11-21(12-8-18)15-20(23)19-9-13-22(14-10-19)16(3)4/h5-6,16,18-19H,1,7-15H2,2-4H3/b17-6+. The van der Waals surface area contributed by atoms with E-state index in [0.717, 1.165) is 51.9 Å². The summed E-state index contributed by atoms with van der Waals surface area (Å²) in [5.41, 5.74) is 1.37. The molecule has 2 aliphatic heterocycles. The van der Waals surface area contributed by atoms with E-state index >= 15 is 0 Å². The lowest BCUT2D eigenvalue weighted by Gasteiger charge is -2.36. The molecule has 0 N–H and O–H groups in total. The number of likely N-dealkylation sites (tertiary alicyclic amines) is 2. The Bertz CT molecular complexity index is 425. The van der Waals surface area contributed by atoms with Crippen LogP contribution in [0.25, 0.3) is 0 Å². The van der Waals surface area contributed by atoms with E-state index in [1.807, 2.05) is 6.08 Å². The van der Waals surface area contributed by atoms with Crippen LogP contribution in [0.5, 0.6) is 0 Å². The molecule has 0 radical (unpaired) electrons. The van der Waals surface area contributed by atoms with Gasteiger partial charge in [0.25, 0.3) is 0 Å². The predicted octanol–water partition coefficient (Wildman–Crippen LogP) is 3.52. The number of carbonyl (C=O) groups excluding carboxylic acids is 1. The summed E-state index contributed by atoms with van der Waals surface area (Å²) in [4.78, 5) is 17.4. The summed E-state index contributed by atoms with van der Waals surface area (Å²) in [6.07, 6.45) is 8.59. The Kier molecular flexibility index (Phi) is 7.04. The Balaban J connectivity index is 1.74. The van der Waals surface area contributed by atoms with Gasteiger partial charge in [0.2, 0.25) is 0 Å². The molecule has 3 nitrogen and oxygen atoms in total. The summed E-state index contributed by atoms with van der Waals surface area (Å²) in [6, 6.07) is 0.607. The molecule has 2 heterocycles. The van der Waals surface area contributed by atoms with Crippen molar-refractivity contribution in [3.8, 4) is 0 Å². The zero-order chi connectivity index (χ0) is 16.8. The minimum atomic E-state index is 0.294. The second kappa shape index (κ2) is 8.79. The van der Waals surface area contributed by atoms with Crippen molar-refractivity contribution >= 4 is 5.78 Å². The van der Waals surface area contributed by atoms with E-state index in [1.165, 1.54) is 5.57 Å². The second-order valence-electron chi connectivity index (χ2n) is 7.41. The molecular weight excluding hydrogens is 284 g/mol. The van der Waals surface area contributed by atoms with Gasteiger partial charge in [0.1, 0.15) is 5.78 Å². The third-order valence-electron chi connectivity index (χ3n) is 5.72. The smallest absolute Gasteiger partial charge is 0.149 e. The predicted molar refractivity (Wildman–Crippen MR) is 97.6 cm³/mol. The normalized spacial score (nSPS) is 23.4. The Morgan fingerprint density at radius 2 is 1.65 bits per heavy atom. The van der Waals surface area contributed by atoms with Gasteiger partial charge < -0.3 is 4.90 Å². The first-order chi connectivity index (χ1) is 11.0. The van der Waals surface area contributed by atoms with Gasteiger partial charge in [0, 0.05) is 12.0 Å². The Labute approximate surface area is 142 Å². The van der Waals surface area contributed by atoms with Crippen LogP contribution in [0.2, 0.25) is 0 Å². The molecule has 0 aromatic rings. The van der Waals surface area contributed by atoms with E-state index in [1.54, 1.807) is 0 Å². The molecule has 2 fully saturated rings. The fraction of sp³-hybridized carbons (Fsp3) is 0.750. The van der Waals surface area contributed by atoms with Crippen molar-refractivity contribution < 1.29 is 4.79 Å². The molecule has 0 unspecified atom stereocenters. The van der Waals surface area contributed by atoms with Crippen molar-refractivity contribution in [2.45, 2.75) is 52.5 Å². The number of allylic oxidation sites excluding steroid dienone is 3. The number of ketones is 1. The number of hydrogen-bond acceptors (Lipinski definition) is 3. The van der Waals surface area contributed by atoms with Gasteiger partial charge in [-0.3, -0.25) is 9.69 Å². The maximum absolute atomic E-state index is 12.6. The third kappa shape index (κ3) is 5.02. The monoisotopic (exact) mass is 318 g/mol. The second-order valence-corrected chi connectivity index (χ2v) is 7.41. The Morgan fingerprint density at radius 1 is 1.09 bits per heavy atom.